The molecule has 0 aliphatic carbocycles. The first-order chi connectivity index (χ1) is 8.16. The Morgan fingerprint density at radius 3 is 3.00 bits per heavy atom. The van der Waals surface area contributed by atoms with Gasteiger partial charge in [-0.25, -0.2) is 0 Å². The maximum Gasteiger partial charge on any atom is 0.220 e. The molecule has 1 aliphatic heterocycles. The summed E-state index contributed by atoms with van der Waals surface area (Å²) in [7, 11) is 0. The average molecular weight is 236 g/mol. The number of hydrogen-bond donors (Lipinski definition) is 1. The maximum atomic E-state index is 11.5. The zero-order valence-corrected chi connectivity index (χ0v) is 10.6. The number of nitrogens with zero attached hydrogens (tertiary/aromatic N) is 3. The van der Waals surface area contributed by atoms with E-state index >= 15 is 0 Å². The fraction of sp³-hybridized carbons (Fsp3) is 0.750. The highest BCUT2D eigenvalue weighted by Gasteiger charge is 2.15. The van der Waals surface area contributed by atoms with E-state index in [-0.39, 0.29) is 5.91 Å². The summed E-state index contributed by atoms with van der Waals surface area (Å²) in [6.45, 7) is 5.56. The van der Waals surface area contributed by atoms with Crippen LogP contribution in [0.1, 0.15) is 44.8 Å². The van der Waals surface area contributed by atoms with Crippen molar-refractivity contribution in [3.05, 3.63) is 11.6 Å². The fourth-order valence-electron chi connectivity index (χ4n) is 2.12. The fourth-order valence-corrected chi connectivity index (χ4v) is 2.12. The van der Waals surface area contributed by atoms with Crippen molar-refractivity contribution in [3.8, 4) is 0 Å². The zero-order valence-electron chi connectivity index (χ0n) is 10.6. The lowest BCUT2D eigenvalue weighted by atomic mass is 10.1. The first-order valence-corrected chi connectivity index (χ1v) is 6.34. The summed E-state index contributed by atoms with van der Waals surface area (Å²) in [6.07, 6.45) is 3.95. The maximum absolute atomic E-state index is 11.5. The number of hydrogen-bond acceptors (Lipinski definition) is 3. The summed E-state index contributed by atoms with van der Waals surface area (Å²) in [5, 5.41) is 11.2. The third kappa shape index (κ3) is 3.05. The van der Waals surface area contributed by atoms with Gasteiger partial charge in [0.2, 0.25) is 5.91 Å². The molecule has 1 aromatic heterocycles. The third-order valence-electron chi connectivity index (χ3n) is 2.97. The minimum Gasteiger partial charge on any atom is -0.349 e. The van der Waals surface area contributed by atoms with Crippen molar-refractivity contribution in [1.82, 2.24) is 20.1 Å². The van der Waals surface area contributed by atoms with E-state index < -0.39 is 0 Å². The SMILES string of the molecule is CC(C)CC(=O)NCc1nnc2n1CCCC2. The first kappa shape index (κ1) is 12.1. The van der Waals surface area contributed by atoms with Gasteiger partial charge in [0, 0.05) is 19.4 Å². The van der Waals surface area contributed by atoms with Crippen LogP contribution in [0.25, 0.3) is 0 Å². The molecule has 0 saturated carbocycles. The van der Waals surface area contributed by atoms with Crippen molar-refractivity contribution in [1.29, 1.82) is 0 Å². The van der Waals surface area contributed by atoms with E-state index in [4.69, 9.17) is 0 Å². The van der Waals surface area contributed by atoms with Gasteiger partial charge in [-0.15, -0.1) is 10.2 Å². The second-order valence-electron chi connectivity index (χ2n) is 5.02. The van der Waals surface area contributed by atoms with E-state index in [1.54, 1.807) is 0 Å². The molecule has 1 amide bonds. The number of fused-ring (bicyclic) bond motifs is 1. The lowest BCUT2D eigenvalue weighted by molar-refractivity contribution is -0.122. The smallest absolute Gasteiger partial charge is 0.220 e. The second kappa shape index (κ2) is 5.29. The Bertz CT molecular complexity index is 397. The Morgan fingerprint density at radius 2 is 2.24 bits per heavy atom. The average Bonchev–Trinajstić information content (AvgIpc) is 2.69. The monoisotopic (exact) mass is 236 g/mol. The Morgan fingerprint density at radius 1 is 1.41 bits per heavy atom. The Kier molecular flexibility index (Phi) is 3.76. The minimum absolute atomic E-state index is 0.0909. The number of aromatic nitrogens is 3. The van der Waals surface area contributed by atoms with Crippen molar-refractivity contribution >= 4 is 5.91 Å². The normalized spacial score (nSPS) is 14.8. The molecule has 5 heteroatoms. The van der Waals surface area contributed by atoms with Crippen molar-refractivity contribution < 1.29 is 4.79 Å². The van der Waals surface area contributed by atoms with Gasteiger partial charge in [-0.3, -0.25) is 4.79 Å². The van der Waals surface area contributed by atoms with E-state index in [0.717, 1.165) is 24.6 Å². The Balaban J connectivity index is 1.91. The molecule has 0 atom stereocenters. The van der Waals surface area contributed by atoms with E-state index in [1.165, 1.54) is 12.8 Å². The number of carbonyl (C=O) groups is 1. The second-order valence-corrected chi connectivity index (χ2v) is 5.02. The summed E-state index contributed by atoms with van der Waals surface area (Å²) in [5.41, 5.74) is 0. The van der Waals surface area contributed by atoms with Crippen molar-refractivity contribution in [2.45, 2.75) is 52.6 Å². The van der Waals surface area contributed by atoms with Gasteiger partial charge >= 0.3 is 0 Å². The summed E-state index contributed by atoms with van der Waals surface area (Å²) < 4.78 is 2.14. The molecule has 0 unspecified atom stereocenters. The van der Waals surface area contributed by atoms with Crippen LogP contribution in [0.3, 0.4) is 0 Å². The highest BCUT2D eigenvalue weighted by Crippen LogP contribution is 2.14. The van der Waals surface area contributed by atoms with Gasteiger partial charge in [-0.1, -0.05) is 13.8 Å². The molecule has 0 saturated heterocycles. The highest BCUT2D eigenvalue weighted by atomic mass is 16.1. The molecule has 0 fully saturated rings. The van der Waals surface area contributed by atoms with Gasteiger partial charge in [0.15, 0.2) is 5.82 Å². The van der Waals surface area contributed by atoms with Crippen LogP contribution < -0.4 is 5.32 Å². The molecule has 0 radical (unpaired) electrons. The first-order valence-electron chi connectivity index (χ1n) is 6.34. The van der Waals surface area contributed by atoms with Crippen LogP contribution >= 0.6 is 0 Å². The van der Waals surface area contributed by atoms with Crippen LogP contribution in [0.2, 0.25) is 0 Å². The number of aryl methyl sites for hydroxylation is 1. The standard InChI is InChI=1S/C12H20N4O/c1-9(2)7-12(17)13-8-11-15-14-10-5-3-4-6-16(10)11/h9H,3-8H2,1-2H3,(H,13,17). The van der Waals surface area contributed by atoms with E-state index in [1.807, 2.05) is 13.8 Å². The molecular formula is C12H20N4O. The van der Waals surface area contributed by atoms with Gasteiger partial charge in [0.05, 0.1) is 6.54 Å². The summed E-state index contributed by atoms with van der Waals surface area (Å²) >= 11 is 0. The van der Waals surface area contributed by atoms with Gasteiger partial charge in [0.1, 0.15) is 5.82 Å². The molecule has 1 aromatic rings. The van der Waals surface area contributed by atoms with Crippen LogP contribution in [0, 0.1) is 5.92 Å². The lowest BCUT2D eigenvalue weighted by Gasteiger charge is -2.15. The molecular weight excluding hydrogens is 216 g/mol. The molecule has 1 N–H and O–H groups in total. The van der Waals surface area contributed by atoms with Crippen molar-refractivity contribution in [2.75, 3.05) is 0 Å². The molecule has 94 valence electrons. The van der Waals surface area contributed by atoms with E-state index in [2.05, 4.69) is 20.1 Å². The van der Waals surface area contributed by atoms with Gasteiger partial charge in [-0.2, -0.15) is 0 Å². The number of nitrogens with one attached hydrogen (secondary N) is 1. The molecule has 2 heterocycles. The number of amides is 1. The number of carbonyl (C=O) groups excluding carboxylic acids is 1. The van der Waals surface area contributed by atoms with Crippen LogP contribution in [0.4, 0.5) is 0 Å². The van der Waals surface area contributed by atoms with Gasteiger partial charge in [-0.05, 0) is 18.8 Å². The third-order valence-corrected chi connectivity index (χ3v) is 2.97. The largest absolute Gasteiger partial charge is 0.349 e. The Labute approximate surface area is 102 Å². The molecule has 1 aliphatic rings. The predicted molar refractivity (Wildman–Crippen MR) is 64.3 cm³/mol. The van der Waals surface area contributed by atoms with Crippen molar-refractivity contribution in [2.24, 2.45) is 5.92 Å². The van der Waals surface area contributed by atoms with Crippen LogP contribution in [-0.4, -0.2) is 20.7 Å². The summed E-state index contributed by atoms with van der Waals surface area (Å²) in [6, 6.07) is 0. The quantitative estimate of drug-likeness (QED) is 0.856. The highest BCUT2D eigenvalue weighted by molar-refractivity contribution is 5.75. The van der Waals surface area contributed by atoms with E-state index in [9.17, 15) is 4.79 Å². The van der Waals surface area contributed by atoms with Crippen LogP contribution in [0.5, 0.6) is 0 Å². The molecule has 0 aromatic carbocycles. The predicted octanol–water partition coefficient (Wildman–Crippen LogP) is 1.28. The van der Waals surface area contributed by atoms with Gasteiger partial charge in [0.25, 0.3) is 0 Å². The topological polar surface area (TPSA) is 59.8 Å². The Hall–Kier alpha value is -1.39. The molecule has 2 rings (SSSR count). The van der Waals surface area contributed by atoms with Crippen LogP contribution in [0.15, 0.2) is 0 Å². The number of rotatable bonds is 4. The minimum atomic E-state index is 0.0909. The lowest BCUT2D eigenvalue weighted by Crippen LogP contribution is -2.26. The summed E-state index contributed by atoms with van der Waals surface area (Å²) in [4.78, 5) is 11.5. The molecule has 17 heavy (non-hydrogen) atoms. The molecule has 0 bridgehead atoms. The van der Waals surface area contributed by atoms with Gasteiger partial charge < -0.3 is 9.88 Å². The van der Waals surface area contributed by atoms with E-state index in [0.29, 0.717) is 18.9 Å². The summed E-state index contributed by atoms with van der Waals surface area (Å²) in [5.74, 6) is 2.43. The zero-order chi connectivity index (χ0) is 12.3. The molecule has 5 nitrogen and oxygen atoms in total. The molecule has 0 spiro atoms. The van der Waals surface area contributed by atoms with Crippen molar-refractivity contribution in [3.63, 3.8) is 0 Å². The van der Waals surface area contributed by atoms with Crippen LogP contribution in [-0.2, 0) is 24.3 Å².